The molecule has 1 aliphatic heterocycles. The van der Waals surface area contributed by atoms with Gasteiger partial charge in [0.25, 0.3) is 5.91 Å². The molecule has 6 rings (SSSR count). The second kappa shape index (κ2) is 9.45. The fourth-order valence-corrected chi connectivity index (χ4v) is 6.07. The summed E-state index contributed by atoms with van der Waals surface area (Å²) >= 11 is 1.37. The summed E-state index contributed by atoms with van der Waals surface area (Å²) in [5.74, 6) is -0.534. The molecule has 1 amide bonds. The highest BCUT2D eigenvalue weighted by Gasteiger charge is 2.42. The first-order chi connectivity index (χ1) is 18.0. The van der Waals surface area contributed by atoms with E-state index in [2.05, 4.69) is 17.4 Å². The Morgan fingerprint density at radius 3 is 2.46 bits per heavy atom. The molecule has 0 bridgehead atoms. The van der Waals surface area contributed by atoms with Gasteiger partial charge in [-0.3, -0.25) is 14.5 Å². The number of carbonyl (C=O) groups is 2. The molecule has 3 aromatic carbocycles. The molecule has 6 heteroatoms. The number of Topliss-reactive ketones (excluding diaryl/α,β-unsaturated/α-hetero) is 1. The molecule has 0 unspecified atom stereocenters. The molecule has 2 atom stereocenters. The van der Waals surface area contributed by atoms with Crippen molar-refractivity contribution in [2.24, 2.45) is 0 Å². The van der Waals surface area contributed by atoms with Gasteiger partial charge in [-0.25, -0.2) is 4.39 Å². The summed E-state index contributed by atoms with van der Waals surface area (Å²) in [6.45, 7) is 1.98. The van der Waals surface area contributed by atoms with Crippen LogP contribution in [0.4, 0.5) is 15.8 Å². The Morgan fingerprint density at radius 1 is 0.946 bits per heavy atom. The van der Waals surface area contributed by atoms with Crippen LogP contribution >= 0.6 is 11.3 Å². The van der Waals surface area contributed by atoms with Crippen LogP contribution in [0.25, 0.3) is 0 Å². The van der Waals surface area contributed by atoms with Gasteiger partial charge in [-0.05, 0) is 71.7 Å². The normalized spacial score (nSPS) is 19.1. The number of benzene rings is 3. The van der Waals surface area contributed by atoms with Gasteiger partial charge in [-0.1, -0.05) is 54.6 Å². The lowest BCUT2D eigenvalue weighted by Gasteiger charge is -2.35. The lowest BCUT2D eigenvalue weighted by atomic mass is 9.78. The number of hydrogen-bond acceptors (Lipinski definition) is 4. The fraction of sp³-hybridized carbons (Fsp3) is 0.161. The molecular weight excluding hydrogens is 483 g/mol. The summed E-state index contributed by atoms with van der Waals surface area (Å²) in [4.78, 5) is 30.4. The number of aryl methyl sites for hydroxylation is 1. The second-order valence-corrected chi connectivity index (χ2v) is 10.5. The maximum Gasteiger partial charge on any atom is 0.269 e. The summed E-state index contributed by atoms with van der Waals surface area (Å²) in [6.07, 6.45) is 0.982. The Labute approximate surface area is 219 Å². The van der Waals surface area contributed by atoms with Crippen molar-refractivity contribution in [3.05, 3.63) is 129 Å². The standard InChI is InChI=1S/C31H25FN2O2S/c1-19-9-14-24-26(16-19)34(31(36)28-8-5-15-37-28)30(21-10-12-23(32)13-11-21)29-25(33-24)17-22(18-27(29)35)20-6-3-2-4-7-20/h2-16,22,30,33H,17-18H2,1H3/t22-,30+/m0/s1. The maximum atomic E-state index is 14.1. The van der Waals surface area contributed by atoms with E-state index in [-0.39, 0.29) is 23.4 Å². The smallest absolute Gasteiger partial charge is 0.269 e. The zero-order valence-corrected chi connectivity index (χ0v) is 21.1. The van der Waals surface area contributed by atoms with Crippen LogP contribution in [0.2, 0.25) is 0 Å². The topological polar surface area (TPSA) is 49.4 Å². The van der Waals surface area contributed by atoms with E-state index in [4.69, 9.17) is 0 Å². The highest BCUT2D eigenvalue weighted by Crippen LogP contribution is 2.48. The second-order valence-electron chi connectivity index (χ2n) is 9.58. The Bertz CT molecular complexity index is 1510. The van der Waals surface area contributed by atoms with Crippen LogP contribution in [0, 0.1) is 12.7 Å². The Balaban J connectivity index is 1.58. The minimum absolute atomic E-state index is 0.00886. The van der Waals surface area contributed by atoms with Crippen molar-refractivity contribution < 1.29 is 14.0 Å². The van der Waals surface area contributed by atoms with E-state index in [0.717, 1.165) is 22.5 Å². The van der Waals surface area contributed by atoms with Gasteiger partial charge in [0.05, 0.1) is 22.3 Å². The largest absolute Gasteiger partial charge is 0.357 e. The molecule has 0 saturated carbocycles. The Morgan fingerprint density at radius 2 is 1.73 bits per heavy atom. The van der Waals surface area contributed by atoms with E-state index in [1.807, 2.05) is 54.8 Å². The monoisotopic (exact) mass is 508 g/mol. The van der Waals surface area contributed by atoms with Crippen molar-refractivity contribution in [1.82, 2.24) is 0 Å². The van der Waals surface area contributed by atoms with E-state index < -0.39 is 6.04 Å². The average molecular weight is 509 g/mol. The van der Waals surface area contributed by atoms with Gasteiger partial charge in [0, 0.05) is 17.7 Å². The molecule has 4 aromatic rings. The summed E-state index contributed by atoms with van der Waals surface area (Å²) in [5, 5.41) is 5.42. The number of nitrogens with zero attached hydrogens (tertiary/aromatic N) is 1. The number of carbonyl (C=O) groups excluding carboxylic acids is 2. The Hall–Kier alpha value is -4.03. The number of rotatable bonds is 3. The highest BCUT2D eigenvalue weighted by atomic mass is 32.1. The zero-order chi connectivity index (χ0) is 25.5. The fourth-order valence-electron chi connectivity index (χ4n) is 5.41. The number of nitrogens with one attached hydrogen (secondary N) is 1. The Kier molecular flexibility index (Phi) is 5.97. The molecule has 2 heterocycles. The van der Waals surface area contributed by atoms with Crippen LogP contribution in [0.3, 0.4) is 0 Å². The SMILES string of the molecule is Cc1ccc2c(c1)N(C(=O)c1cccs1)[C@H](c1ccc(F)cc1)C1=C(C[C@H](c3ccccc3)CC1=O)N2. The maximum absolute atomic E-state index is 14.1. The molecule has 37 heavy (non-hydrogen) atoms. The third kappa shape index (κ3) is 4.27. The predicted molar refractivity (Wildman–Crippen MR) is 146 cm³/mol. The highest BCUT2D eigenvalue weighted by molar-refractivity contribution is 7.12. The van der Waals surface area contributed by atoms with E-state index in [1.165, 1.54) is 23.5 Å². The number of allylic oxidation sites excluding steroid dienone is 1. The summed E-state index contributed by atoms with van der Waals surface area (Å²) in [5.41, 5.74) is 5.66. The van der Waals surface area contributed by atoms with E-state index in [9.17, 15) is 14.0 Å². The van der Waals surface area contributed by atoms with E-state index in [0.29, 0.717) is 34.5 Å². The van der Waals surface area contributed by atoms with Gasteiger partial charge >= 0.3 is 0 Å². The average Bonchev–Trinajstić information content (AvgIpc) is 3.40. The van der Waals surface area contributed by atoms with E-state index >= 15 is 0 Å². The molecule has 2 aliphatic rings. The molecule has 1 N–H and O–H groups in total. The first kappa shape index (κ1) is 23.4. The predicted octanol–water partition coefficient (Wildman–Crippen LogP) is 7.41. The van der Waals surface area contributed by atoms with Crippen molar-refractivity contribution >= 4 is 34.4 Å². The number of thiophene rings is 1. The van der Waals surface area contributed by atoms with Gasteiger partial charge in [0.1, 0.15) is 5.82 Å². The lowest BCUT2D eigenvalue weighted by molar-refractivity contribution is -0.116. The van der Waals surface area contributed by atoms with E-state index in [1.54, 1.807) is 23.1 Å². The van der Waals surface area contributed by atoms with Gasteiger partial charge in [0.15, 0.2) is 5.78 Å². The van der Waals surface area contributed by atoms with Gasteiger partial charge in [-0.2, -0.15) is 0 Å². The first-order valence-corrected chi connectivity index (χ1v) is 13.2. The number of ketones is 1. The van der Waals surface area contributed by atoms with Crippen molar-refractivity contribution in [2.75, 3.05) is 10.2 Å². The van der Waals surface area contributed by atoms with Gasteiger partial charge in [0.2, 0.25) is 0 Å². The molecule has 184 valence electrons. The summed E-state index contributed by atoms with van der Waals surface area (Å²) in [6, 6.07) is 25.1. The molecule has 0 saturated heterocycles. The van der Waals surface area contributed by atoms with Crippen molar-refractivity contribution in [3.63, 3.8) is 0 Å². The minimum atomic E-state index is -0.690. The van der Waals surface area contributed by atoms with Gasteiger partial charge in [-0.15, -0.1) is 11.3 Å². The van der Waals surface area contributed by atoms with Crippen LogP contribution in [0.15, 0.2) is 102 Å². The zero-order valence-electron chi connectivity index (χ0n) is 20.3. The molecule has 0 fully saturated rings. The lowest BCUT2D eigenvalue weighted by Crippen LogP contribution is -2.38. The summed E-state index contributed by atoms with van der Waals surface area (Å²) < 4.78 is 14.0. The van der Waals surface area contributed by atoms with Gasteiger partial charge < -0.3 is 5.32 Å². The van der Waals surface area contributed by atoms with Crippen LogP contribution in [0.1, 0.15) is 51.2 Å². The third-order valence-electron chi connectivity index (χ3n) is 7.15. The molecule has 1 aliphatic carbocycles. The number of anilines is 2. The first-order valence-electron chi connectivity index (χ1n) is 12.3. The number of amides is 1. The molecule has 0 radical (unpaired) electrons. The molecular formula is C31H25FN2O2S. The third-order valence-corrected chi connectivity index (χ3v) is 8.00. The quantitative estimate of drug-likeness (QED) is 0.313. The summed E-state index contributed by atoms with van der Waals surface area (Å²) in [7, 11) is 0. The van der Waals surface area contributed by atoms with Crippen LogP contribution < -0.4 is 10.2 Å². The van der Waals surface area contributed by atoms with Crippen molar-refractivity contribution in [1.29, 1.82) is 0 Å². The van der Waals surface area contributed by atoms with Crippen LogP contribution in [-0.4, -0.2) is 11.7 Å². The number of halogens is 1. The number of hydrogen-bond donors (Lipinski definition) is 1. The molecule has 0 spiro atoms. The minimum Gasteiger partial charge on any atom is -0.357 e. The van der Waals surface area contributed by atoms with Crippen LogP contribution in [0.5, 0.6) is 0 Å². The van der Waals surface area contributed by atoms with Crippen molar-refractivity contribution in [2.45, 2.75) is 31.7 Å². The number of fused-ring (bicyclic) bond motifs is 1. The molecule has 4 nitrogen and oxygen atoms in total. The van der Waals surface area contributed by atoms with Crippen LogP contribution in [-0.2, 0) is 4.79 Å². The molecule has 1 aromatic heterocycles. The van der Waals surface area contributed by atoms with Crippen molar-refractivity contribution in [3.8, 4) is 0 Å².